The van der Waals surface area contributed by atoms with E-state index in [9.17, 15) is 4.39 Å². The molecule has 15 heavy (non-hydrogen) atoms. The quantitative estimate of drug-likeness (QED) is 0.764. The van der Waals surface area contributed by atoms with E-state index in [2.05, 4.69) is 11.2 Å². The smallest absolute Gasteiger partial charge is 0.126 e. The lowest BCUT2D eigenvalue weighted by molar-refractivity contribution is 0.627. The van der Waals surface area contributed by atoms with Gasteiger partial charge in [-0.3, -0.25) is 0 Å². The molecule has 0 aliphatic heterocycles. The van der Waals surface area contributed by atoms with Crippen molar-refractivity contribution in [3.8, 4) is 18.4 Å². The Labute approximate surface area is 88.7 Å². The third kappa shape index (κ3) is 3.00. The van der Waals surface area contributed by atoms with Gasteiger partial charge >= 0.3 is 0 Å². The number of nitrogens with one attached hydrogen (secondary N) is 1. The van der Waals surface area contributed by atoms with Gasteiger partial charge in [-0.1, -0.05) is 12.8 Å². The molecule has 1 N–H and O–H groups in total. The van der Waals surface area contributed by atoms with Crippen LogP contribution >= 0.6 is 0 Å². The molecule has 3 heteroatoms. The van der Waals surface area contributed by atoms with Crippen LogP contribution in [0.15, 0.2) is 18.2 Å². The molecule has 0 bridgehead atoms. The standard InChI is InChI=1S/C12H11FN2/c1-3-11(4-2)15-12-6-9(8-14)5-10(13)7-12/h1,5-7,11,15H,4H2,2H3. The van der Waals surface area contributed by atoms with Gasteiger partial charge in [-0.15, -0.1) is 6.42 Å². The first-order chi connectivity index (χ1) is 7.19. The largest absolute Gasteiger partial charge is 0.371 e. The van der Waals surface area contributed by atoms with E-state index >= 15 is 0 Å². The van der Waals surface area contributed by atoms with Gasteiger partial charge in [0.2, 0.25) is 0 Å². The van der Waals surface area contributed by atoms with E-state index < -0.39 is 5.82 Å². The average Bonchev–Trinajstić information content (AvgIpc) is 2.25. The molecule has 0 spiro atoms. The molecule has 1 rings (SSSR count). The van der Waals surface area contributed by atoms with Gasteiger partial charge in [0.1, 0.15) is 5.82 Å². The summed E-state index contributed by atoms with van der Waals surface area (Å²) >= 11 is 0. The first kappa shape index (κ1) is 11.1. The molecule has 76 valence electrons. The number of anilines is 1. The van der Waals surface area contributed by atoms with E-state index in [1.54, 1.807) is 6.07 Å². The third-order valence-electron chi connectivity index (χ3n) is 1.98. The van der Waals surface area contributed by atoms with Crippen LogP contribution in [-0.4, -0.2) is 6.04 Å². The minimum atomic E-state index is -0.441. The molecule has 0 aliphatic carbocycles. The topological polar surface area (TPSA) is 35.8 Å². The van der Waals surface area contributed by atoms with E-state index in [1.807, 2.05) is 13.0 Å². The van der Waals surface area contributed by atoms with Crippen molar-refractivity contribution in [2.45, 2.75) is 19.4 Å². The molecule has 0 saturated heterocycles. The number of hydrogen-bond donors (Lipinski definition) is 1. The predicted molar refractivity (Wildman–Crippen MR) is 57.6 cm³/mol. The maximum atomic E-state index is 13.0. The van der Waals surface area contributed by atoms with Crippen LogP contribution in [0.2, 0.25) is 0 Å². The summed E-state index contributed by atoms with van der Waals surface area (Å²) in [5.74, 6) is 2.10. The molecular formula is C12H11FN2. The van der Waals surface area contributed by atoms with Crippen molar-refractivity contribution in [2.24, 2.45) is 0 Å². The highest BCUT2D eigenvalue weighted by atomic mass is 19.1. The van der Waals surface area contributed by atoms with Gasteiger partial charge in [0, 0.05) is 5.69 Å². The normalized spacial score (nSPS) is 11.2. The Morgan fingerprint density at radius 1 is 1.53 bits per heavy atom. The molecule has 0 saturated carbocycles. The Morgan fingerprint density at radius 3 is 2.80 bits per heavy atom. The Balaban J connectivity index is 2.92. The van der Waals surface area contributed by atoms with E-state index in [4.69, 9.17) is 11.7 Å². The van der Waals surface area contributed by atoms with E-state index in [1.165, 1.54) is 12.1 Å². The summed E-state index contributed by atoms with van der Waals surface area (Å²) in [5.41, 5.74) is 0.820. The van der Waals surface area contributed by atoms with Crippen molar-refractivity contribution in [1.29, 1.82) is 5.26 Å². The van der Waals surface area contributed by atoms with Crippen molar-refractivity contribution in [1.82, 2.24) is 0 Å². The van der Waals surface area contributed by atoms with Crippen LogP contribution < -0.4 is 5.32 Å². The monoisotopic (exact) mass is 202 g/mol. The number of terminal acetylenes is 1. The number of benzene rings is 1. The van der Waals surface area contributed by atoms with Crippen LogP contribution in [0.4, 0.5) is 10.1 Å². The van der Waals surface area contributed by atoms with Gasteiger partial charge in [0.05, 0.1) is 17.7 Å². The Morgan fingerprint density at radius 2 is 2.27 bits per heavy atom. The minimum absolute atomic E-state index is 0.140. The maximum absolute atomic E-state index is 13.0. The van der Waals surface area contributed by atoms with Crippen LogP contribution in [0, 0.1) is 29.5 Å². The second kappa shape index (κ2) is 5.02. The molecule has 0 amide bonds. The molecule has 1 aromatic carbocycles. The fraction of sp³-hybridized carbons (Fsp3) is 0.250. The van der Waals surface area contributed by atoms with Gasteiger partial charge in [-0.2, -0.15) is 5.26 Å². The maximum Gasteiger partial charge on any atom is 0.126 e. The third-order valence-corrected chi connectivity index (χ3v) is 1.98. The van der Waals surface area contributed by atoms with Crippen molar-refractivity contribution in [2.75, 3.05) is 5.32 Å². The summed E-state index contributed by atoms with van der Waals surface area (Å²) in [7, 11) is 0. The van der Waals surface area contributed by atoms with Gasteiger partial charge in [-0.05, 0) is 24.6 Å². The predicted octanol–water partition coefficient (Wildman–Crippen LogP) is 2.52. The summed E-state index contributed by atoms with van der Waals surface area (Å²) in [6.07, 6.45) is 6.01. The van der Waals surface area contributed by atoms with Crippen LogP contribution in [0.5, 0.6) is 0 Å². The van der Waals surface area contributed by atoms with Crippen molar-refractivity contribution in [3.63, 3.8) is 0 Å². The van der Waals surface area contributed by atoms with Gasteiger partial charge in [0.25, 0.3) is 0 Å². The highest BCUT2D eigenvalue weighted by Gasteiger charge is 2.04. The lowest BCUT2D eigenvalue weighted by atomic mass is 10.1. The zero-order chi connectivity index (χ0) is 11.3. The van der Waals surface area contributed by atoms with Crippen LogP contribution in [-0.2, 0) is 0 Å². The minimum Gasteiger partial charge on any atom is -0.371 e. The highest BCUT2D eigenvalue weighted by Crippen LogP contribution is 2.14. The van der Waals surface area contributed by atoms with Gasteiger partial charge < -0.3 is 5.32 Å². The summed E-state index contributed by atoms with van der Waals surface area (Å²) < 4.78 is 13.0. The molecule has 2 nitrogen and oxygen atoms in total. The van der Waals surface area contributed by atoms with Crippen molar-refractivity contribution >= 4 is 5.69 Å². The Bertz CT molecular complexity index is 426. The van der Waals surface area contributed by atoms with Crippen LogP contribution in [0.1, 0.15) is 18.9 Å². The fourth-order valence-electron chi connectivity index (χ4n) is 1.20. The molecule has 1 aromatic rings. The number of nitrogens with zero attached hydrogens (tertiary/aromatic N) is 1. The van der Waals surface area contributed by atoms with E-state index in [0.717, 1.165) is 6.42 Å². The zero-order valence-electron chi connectivity index (χ0n) is 8.42. The number of nitriles is 1. The highest BCUT2D eigenvalue weighted by molar-refractivity contribution is 5.51. The zero-order valence-corrected chi connectivity index (χ0v) is 8.42. The van der Waals surface area contributed by atoms with Gasteiger partial charge in [0.15, 0.2) is 0 Å². The number of rotatable bonds is 3. The summed E-state index contributed by atoms with van der Waals surface area (Å²) in [6.45, 7) is 1.93. The SMILES string of the molecule is C#CC(CC)Nc1cc(F)cc(C#N)c1. The molecular weight excluding hydrogens is 191 g/mol. The molecule has 0 heterocycles. The summed E-state index contributed by atoms with van der Waals surface area (Å²) in [5, 5.41) is 11.6. The average molecular weight is 202 g/mol. The second-order valence-corrected chi connectivity index (χ2v) is 3.11. The summed E-state index contributed by atoms with van der Waals surface area (Å²) in [6, 6.07) is 5.82. The molecule has 0 aliphatic rings. The first-order valence-corrected chi connectivity index (χ1v) is 4.63. The molecule has 0 fully saturated rings. The second-order valence-electron chi connectivity index (χ2n) is 3.11. The Hall–Kier alpha value is -2.00. The molecule has 1 unspecified atom stereocenters. The number of halogens is 1. The molecule has 1 atom stereocenters. The van der Waals surface area contributed by atoms with E-state index in [0.29, 0.717) is 5.69 Å². The lowest BCUT2D eigenvalue weighted by Crippen LogP contribution is -2.15. The Kier molecular flexibility index (Phi) is 3.71. The molecule has 0 radical (unpaired) electrons. The molecule has 0 aromatic heterocycles. The van der Waals surface area contributed by atoms with E-state index in [-0.39, 0.29) is 11.6 Å². The van der Waals surface area contributed by atoms with Crippen molar-refractivity contribution in [3.05, 3.63) is 29.6 Å². The van der Waals surface area contributed by atoms with Crippen molar-refractivity contribution < 1.29 is 4.39 Å². The fourth-order valence-corrected chi connectivity index (χ4v) is 1.20. The number of hydrogen-bond acceptors (Lipinski definition) is 2. The first-order valence-electron chi connectivity index (χ1n) is 4.63. The van der Waals surface area contributed by atoms with Gasteiger partial charge in [-0.25, -0.2) is 4.39 Å². The van der Waals surface area contributed by atoms with Crippen LogP contribution in [0.25, 0.3) is 0 Å². The lowest BCUT2D eigenvalue weighted by Gasteiger charge is -2.12. The van der Waals surface area contributed by atoms with Crippen LogP contribution in [0.3, 0.4) is 0 Å². The summed E-state index contributed by atoms with van der Waals surface area (Å²) in [4.78, 5) is 0.